The van der Waals surface area contributed by atoms with Crippen molar-refractivity contribution in [3.63, 3.8) is 0 Å². The minimum atomic E-state index is -0.00460. The fraction of sp³-hybridized carbons (Fsp3) is 0.533. The van der Waals surface area contributed by atoms with Crippen molar-refractivity contribution in [2.45, 2.75) is 26.3 Å². The van der Waals surface area contributed by atoms with Gasteiger partial charge in [0.2, 0.25) is 5.91 Å². The molecule has 1 amide bonds. The Bertz CT molecular complexity index is 462. The lowest BCUT2D eigenvalue weighted by atomic mass is 10.1. The number of carbonyl (C=O) groups excluding carboxylic acids is 1. The summed E-state index contributed by atoms with van der Waals surface area (Å²) in [6, 6.07) is 6.23. The molecule has 0 aliphatic carbocycles. The molecule has 0 saturated carbocycles. The predicted molar refractivity (Wildman–Crippen MR) is 77.2 cm³/mol. The number of ether oxygens (including phenoxy) is 2. The molecule has 2 rings (SSSR count). The van der Waals surface area contributed by atoms with Crippen LogP contribution in [0.25, 0.3) is 0 Å². The van der Waals surface area contributed by atoms with Crippen molar-refractivity contribution in [2.75, 3.05) is 26.3 Å². The van der Waals surface area contributed by atoms with Crippen LogP contribution in [0.5, 0.6) is 11.5 Å². The molecule has 1 heterocycles. The summed E-state index contributed by atoms with van der Waals surface area (Å²) in [4.78, 5) is 10.8. The van der Waals surface area contributed by atoms with Crippen molar-refractivity contribution < 1.29 is 14.3 Å². The predicted octanol–water partition coefficient (Wildman–Crippen LogP) is 1.63. The lowest BCUT2D eigenvalue weighted by molar-refractivity contribution is -0.118. The minimum absolute atomic E-state index is 0.00460. The Morgan fingerprint density at radius 1 is 1.25 bits per heavy atom. The van der Waals surface area contributed by atoms with Crippen LogP contribution in [0.15, 0.2) is 18.2 Å². The standard InChI is InChI=1S/C15H22N2O3/c1-11(16-6-7-17-12(2)18)13-4-5-14-15(10-13)20-9-3-8-19-14/h4-5,10-11,16H,3,6-9H2,1-2H3,(H,17,18). The maximum Gasteiger partial charge on any atom is 0.216 e. The van der Waals surface area contributed by atoms with E-state index in [0.29, 0.717) is 19.8 Å². The molecule has 5 heteroatoms. The second kappa shape index (κ2) is 7.14. The molecule has 1 aromatic rings. The van der Waals surface area contributed by atoms with E-state index in [9.17, 15) is 4.79 Å². The van der Waals surface area contributed by atoms with Gasteiger partial charge in [0.1, 0.15) is 0 Å². The third-order valence-electron chi connectivity index (χ3n) is 3.22. The molecule has 5 nitrogen and oxygen atoms in total. The number of benzene rings is 1. The highest BCUT2D eigenvalue weighted by molar-refractivity contribution is 5.72. The van der Waals surface area contributed by atoms with Gasteiger partial charge in [-0.1, -0.05) is 6.07 Å². The van der Waals surface area contributed by atoms with E-state index in [-0.39, 0.29) is 11.9 Å². The smallest absolute Gasteiger partial charge is 0.216 e. The average Bonchev–Trinajstić information content (AvgIpc) is 2.67. The zero-order chi connectivity index (χ0) is 14.4. The topological polar surface area (TPSA) is 59.6 Å². The molecule has 1 unspecified atom stereocenters. The minimum Gasteiger partial charge on any atom is -0.490 e. The highest BCUT2D eigenvalue weighted by Gasteiger charge is 2.13. The molecule has 0 fully saturated rings. The zero-order valence-corrected chi connectivity index (χ0v) is 12.1. The van der Waals surface area contributed by atoms with Crippen molar-refractivity contribution in [1.82, 2.24) is 10.6 Å². The van der Waals surface area contributed by atoms with Crippen LogP contribution in [0, 0.1) is 0 Å². The van der Waals surface area contributed by atoms with E-state index in [2.05, 4.69) is 17.6 Å². The normalized spacial score (nSPS) is 15.3. The van der Waals surface area contributed by atoms with Crippen LogP contribution in [-0.4, -0.2) is 32.2 Å². The molecule has 1 atom stereocenters. The van der Waals surface area contributed by atoms with Gasteiger partial charge in [-0.2, -0.15) is 0 Å². The number of carbonyl (C=O) groups is 1. The van der Waals surface area contributed by atoms with Crippen LogP contribution in [0.1, 0.15) is 31.9 Å². The van der Waals surface area contributed by atoms with E-state index < -0.39 is 0 Å². The molecular formula is C15H22N2O3. The molecule has 0 aromatic heterocycles. The number of hydrogen-bond donors (Lipinski definition) is 2. The van der Waals surface area contributed by atoms with Crippen molar-refractivity contribution >= 4 is 5.91 Å². The van der Waals surface area contributed by atoms with E-state index in [4.69, 9.17) is 9.47 Å². The summed E-state index contributed by atoms with van der Waals surface area (Å²) in [5, 5.41) is 6.13. The Morgan fingerprint density at radius 2 is 2.00 bits per heavy atom. The fourth-order valence-electron chi connectivity index (χ4n) is 2.09. The van der Waals surface area contributed by atoms with Crippen LogP contribution in [0.3, 0.4) is 0 Å². The first-order chi connectivity index (χ1) is 9.66. The number of hydrogen-bond acceptors (Lipinski definition) is 4. The summed E-state index contributed by atoms with van der Waals surface area (Å²) in [7, 11) is 0. The average molecular weight is 278 g/mol. The first-order valence-electron chi connectivity index (χ1n) is 7.04. The maximum atomic E-state index is 10.8. The first-order valence-corrected chi connectivity index (χ1v) is 7.04. The van der Waals surface area contributed by atoms with Gasteiger partial charge in [-0.25, -0.2) is 0 Å². The van der Waals surface area contributed by atoms with Crippen LogP contribution in [0.4, 0.5) is 0 Å². The Labute approximate surface area is 119 Å². The van der Waals surface area contributed by atoms with Gasteiger partial charge >= 0.3 is 0 Å². The van der Waals surface area contributed by atoms with Crippen LogP contribution < -0.4 is 20.1 Å². The third kappa shape index (κ3) is 4.13. The first kappa shape index (κ1) is 14.7. The number of nitrogens with one attached hydrogen (secondary N) is 2. The Morgan fingerprint density at radius 3 is 2.75 bits per heavy atom. The van der Waals surface area contributed by atoms with Crippen molar-refractivity contribution in [2.24, 2.45) is 0 Å². The quantitative estimate of drug-likeness (QED) is 0.804. The van der Waals surface area contributed by atoms with Gasteiger partial charge < -0.3 is 20.1 Å². The second-order valence-corrected chi connectivity index (χ2v) is 4.92. The van der Waals surface area contributed by atoms with E-state index in [1.54, 1.807) is 0 Å². The third-order valence-corrected chi connectivity index (χ3v) is 3.22. The Balaban J connectivity index is 1.91. The monoisotopic (exact) mass is 278 g/mol. The van der Waals surface area contributed by atoms with Crippen molar-refractivity contribution in [1.29, 1.82) is 0 Å². The zero-order valence-electron chi connectivity index (χ0n) is 12.1. The molecule has 1 aliphatic rings. The van der Waals surface area contributed by atoms with Gasteiger partial charge in [-0.3, -0.25) is 4.79 Å². The maximum absolute atomic E-state index is 10.8. The van der Waals surface area contributed by atoms with Gasteiger partial charge in [0, 0.05) is 32.5 Å². The molecule has 20 heavy (non-hydrogen) atoms. The van der Waals surface area contributed by atoms with Crippen LogP contribution in [0.2, 0.25) is 0 Å². The van der Waals surface area contributed by atoms with E-state index in [1.807, 2.05) is 18.2 Å². The number of amides is 1. The molecule has 1 aliphatic heterocycles. The lowest BCUT2D eigenvalue weighted by Gasteiger charge is -2.16. The molecule has 0 spiro atoms. The molecule has 0 saturated heterocycles. The summed E-state index contributed by atoms with van der Waals surface area (Å²) in [5.74, 6) is 1.63. The highest BCUT2D eigenvalue weighted by Crippen LogP contribution is 2.32. The van der Waals surface area contributed by atoms with E-state index in [1.165, 1.54) is 6.92 Å². The largest absolute Gasteiger partial charge is 0.490 e. The summed E-state index contributed by atoms with van der Waals surface area (Å²) in [6.07, 6.45) is 0.911. The van der Waals surface area contributed by atoms with Crippen LogP contribution >= 0.6 is 0 Å². The van der Waals surface area contributed by atoms with Gasteiger partial charge in [0.05, 0.1) is 13.2 Å². The number of fused-ring (bicyclic) bond motifs is 1. The van der Waals surface area contributed by atoms with E-state index >= 15 is 0 Å². The Kier molecular flexibility index (Phi) is 5.24. The van der Waals surface area contributed by atoms with E-state index in [0.717, 1.165) is 30.0 Å². The summed E-state index contributed by atoms with van der Waals surface area (Å²) in [5.41, 5.74) is 1.15. The molecule has 0 radical (unpaired) electrons. The number of rotatable bonds is 5. The summed E-state index contributed by atoms with van der Waals surface area (Å²) < 4.78 is 11.3. The Hall–Kier alpha value is -1.75. The fourth-order valence-corrected chi connectivity index (χ4v) is 2.09. The molecular weight excluding hydrogens is 256 g/mol. The van der Waals surface area contributed by atoms with Crippen molar-refractivity contribution in [3.05, 3.63) is 23.8 Å². The van der Waals surface area contributed by atoms with Crippen molar-refractivity contribution in [3.8, 4) is 11.5 Å². The molecule has 110 valence electrons. The molecule has 2 N–H and O–H groups in total. The van der Waals surface area contributed by atoms with Crippen LogP contribution in [-0.2, 0) is 4.79 Å². The highest BCUT2D eigenvalue weighted by atomic mass is 16.5. The van der Waals surface area contributed by atoms with Gasteiger partial charge in [-0.15, -0.1) is 0 Å². The molecule has 0 bridgehead atoms. The SMILES string of the molecule is CC(=O)NCCNC(C)c1ccc2c(c1)OCCCO2. The summed E-state index contributed by atoms with van der Waals surface area (Å²) in [6.45, 7) is 6.37. The van der Waals surface area contributed by atoms with Gasteiger partial charge in [0.15, 0.2) is 11.5 Å². The van der Waals surface area contributed by atoms with Gasteiger partial charge in [-0.05, 0) is 24.6 Å². The van der Waals surface area contributed by atoms with Gasteiger partial charge in [0.25, 0.3) is 0 Å². The second-order valence-electron chi connectivity index (χ2n) is 4.92. The lowest BCUT2D eigenvalue weighted by Crippen LogP contribution is -2.31. The summed E-state index contributed by atoms with van der Waals surface area (Å²) >= 11 is 0. The molecule has 1 aromatic carbocycles.